The minimum atomic E-state index is -1.18. The maximum atomic E-state index is 12.1. The number of ether oxygens (including phenoxy) is 2. The zero-order valence-corrected chi connectivity index (χ0v) is 20.3. The van der Waals surface area contributed by atoms with Gasteiger partial charge in [0.1, 0.15) is 12.4 Å². The molecule has 1 unspecified atom stereocenters. The highest BCUT2D eigenvalue weighted by Crippen LogP contribution is 2.38. The maximum Gasteiger partial charge on any atom is 0.312 e. The first-order valence-electron chi connectivity index (χ1n) is 11.2. The zero-order chi connectivity index (χ0) is 24.9. The number of benzene rings is 1. The van der Waals surface area contributed by atoms with E-state index < -0.39 is 17.5 Å². The average Bonchev–Trinajstić information content (AvgIpc) is 2.97. The molecule has 1 aromatic heterocycles. The van der Waals surface area contributed by atoms with Crippen molar-refractivity contribution >= 4 is 5.97 Å². The van der Waals surface area contributed by atoms with E-state index in [1.165, 1.54) is 5.01 Å². The molecule has 2 aromatic rings. The van der Waals surface area contributed by atoms with Crippen LogP contribution >= 0.6 is 0 Å². The van der Waals surface area contributed by atoms with Gasteiger partial charge in [-0.15, -0.1) is 0 Å². The number of aryl methyl sites for hydroxylation is 1. The van der Waals surface area contributed by atoms with Gasteiger partial charge in [0.25, 0.3) is 0 Å². The number of nitrogens with zero attached hydrogens (tertiary/aromatic N) is 3. The largest absolute Gasteiger partial charge is 0.490 e. The van der Waals surface area contributed by atoms with Gasteiger partial charge in [0.15, 0.2) is 0 Å². The Kier molecular flexibility index (Phi) is 8.14. The number of carboxylic acid groups (broad SMARTS) is 1. The molecule has 0 spiro atoms. The van der Waals surface area contributed by atoms with Crippen LogP contribution in [0.3, 0.4) is 0 Å². The number of hydrogen-bond acceptors (Lipinski definition) is 8. The molecule has 1 atom stereocenters. The Labute approximate surface area is 200 Å². The summed E-state index contributed by atoms with van der Waals surface area (Å²) in [6.45, 7) is 8.11. The molecular weight excluding hydrogens is 434 g/mol. The second kappa shape index (κ2) is 10.9. The van der Waals surface area contributed by atoms with Gasteiger partial charge in [-0.3, -0.25) is 14.7 Å². The SMILES string of the molecule is Cc1ccc(C(OC/C(N)=C/N(C)N)C(C)(C)C(=O)O)cc1CN1CCOc2cccnc2C1. The minimum Gasteiger partial charge on any atom is -0.490 e. The molecule has 1 aliphatic heterocycles. The summed E-state index contributed by atoms with van der Waals surface area (Å²) in [6.07, 6.45) is 2.60. The van der Waals surface area contributed by atoms with Gasteiger partial charge >= 0.3 is 5.97 Å². The van der Waals surface area contributed by atoms with Crippen LogP contribution in [0.25, 0.3) is 0 Å². The van der Waals surface area contributed by atoms with Gasteiger partial charge in [0, 0.05) is 39.1 Å². The van der Waals surface area contributed by atoms with Gasteiger partial charge in [-0.2, -0.15) is 0 Å². The summed E-state index contributed by atoms with van der Waals surface area (Å²) < 4.78 is 11.9. The molecule has 1 aromatic carbocycles. The number of hydrogen-bond donors (Lipinski definition) is 3. The van der Waals surface area contributed by atoms with E-state index in [1.54, 1.807) is 33.3 Å². The van der Waals surface area contributed by atoms with E-state index in [0.717, 1.165) is 34.7 Å². The van der Waals surface area contributed by atoms with E-state index in [2.05, 4.69) is 16.8 Å². The van der Waals surface area contributed by atoms with Crippen molar-refractivity contribution in [2.45, 2.75) is 40.0 Å². The highest BCUT2D eigenvalue weighted by atomic mass is 16.5. The minimum absolute atomic E-state index is 0.0536. The lowest BCUT2D eigenvalue weighted by atomic mass is 9.81. The monoisotopic (exact) mass is 469 g/mol. The summed E-state index contributed by atoms with van der Waals surface area (Å²) in [6, 6.07) is 9.78. The molecule has 0 radical (unpaired) electrons. The fraction of sp³-hybridized carbons (Fsp3) is 0.440. The number of aliphatic carboxylic acids is 1. The van der Waals surface area contributed by atoms with Crippen LogP contribution in [0.2, 0.25) is 0 Å². The van der Waals surface area contributed by atoms with Gasteiger partial charge in [0.05, 0.1) is 29.5 Å². The van der Waals surface area contributed by atoms with E-state index >= 15 is 0 Å². The first-order chi connectivity index (χ1) is 16.1. The molecule has 184 valence electrons. The Morgan fingerprint density at radius 1 is 1.41 bits per heavy atom. The van der Waals surface area contributed by atoms with Crippen molar-refractivity contribution in [3.8, 4) is 5.75 Å². The highest BCUT2D eigenvalue weighted by molar-refractivity contribution is 5.74. The predicted molar refractivity (Wildman–Crippen MR) is 129 cm³/mol. The van der Waals surface area contributed by atoms with E-state index in [1.807, 2.05) is 30.3 Å². The van der Waals surface area contributed by atoms with Crippen LogP contribution in [0.5, 0.6) is 5.75 Å². The molecule has 0 bridgehead atoms. The number of hydrazine groups is 1. The summed E-state index contributed by atoms with van der Waals surface area (Å²) in [4.78, 5) is 18.8. The van der Waals surface area contributed by atoms with E-state index in [4.69, 9.17) is 21.1 Å². The Morgan fingerprint density at radius 2 is 2.18 bits per heavy atom. The van der Waals surface area contributed by atoms with Crippen LogP contribution < -0.4 is 16.3 Å². The fourth-order valence-corrected chi connectivity index (χ4v) is 3.96. The molecule has 0 saturated heterocycles. The summed E-state index contributed by atoms with van der Waals surface area (Å²) in [5.74, 6) is 5.49. The van der Waals surface area contributed by atoms with Crippen LogP contribution in [0, 0.1) is 12.3 Å². The van der Waals surface area contributed by atoms with E-state index in [-0.39, 0.29) is 6.61 Å². The average molecular weight is 470 g/mol. The van der Waals surface area contributed by atoms with Crippen molar-refractivity contribution in [3.63, 3.8) is 0 Å². The first kappa shape index (κ1) is 25.5. The molecular formula is C25H35N5O4. The van der Waals surface area contributed by atoms with Crippen LogP contribution in [0.15, 0.2) is 48.4 Å². The van der Waals surface area contributed by atoms with Crippen molar-refractivity contribution in [1.29, 1.82) is 0 Å². The van der Waals surface area contributed by atoms with Crippen LogP contribution in [-0.4, -0.2) is 52.8 Å². The lowest BCUT2D eigenvalue weighted by Gasteiger charge is -2.32. The van der Waals surface area contributed by atoms with Gasteiger partial charge < -0.3 is 25.3 Å². The van der Waals surface area contributed by atoms with Crippen LogP contribution in [0.1, 0.15) is 42.3 Å². The van der Waals surface area contributed by atoms with Crippen molar-refractivity contribution in [3.05, 3.63) is 70.8 Å². The molecule has 0 aliphatic carbocycles. The molecule has 1 aliphatic rings. The number of fused-ring (bicyclic) bond motifs is 1. The third kappa shape index (κ3) is 6.25. The van der Waals surface area contributed by atoms with Gasteiger partial charge in [0.2, 0.25) is 0 Å². The molecule has 0 amide bonds. The number of aromatic nitrogens is 1. The number of carbonyl (C=O) groups is 1. The van der Waals surface area contributed by atoms with Gasteiger partial charge in [-0.05, 0) is 49.6 Å². The van der Waals surface area contributed by atoms with Crippen molar-refractivity contribution in [2.75, 3.05) is 26.8 Å². The predicted octanol–water partition coefficient (Wildman–Crippen LogP) is 2.56. The molecule has 34 heavy (non-hydrogen) atoms. The molecule has 0 fully saturated rings. The zero-order valence-electron chi connectivity index (χ0n) is 20.3. The van der Waals surface area contributed by atoms with Gasteiger partial charge in [-0.25, -0.2) is 5.84 Å². The lowest BCUT2D eigenvalue weighted by molar-refractivity contribution is -0.156. The third-order valence-electron chi connectivity index (χ3n) is 5.95. The fourth-order valence-electron chi connectivity index (χ4n) is 3.96. The molecule has 0 saturated carbocycles. The summed E-state index contributed by atoms with van der Waals surface area (Å²) in [5, 5.41) is 11.2. The Hall–Kier alpha value is -3.14. The quantitative estimate of drug-likeness (QED) is 0.375. The van der Waals surface area contributed by atoms with E-state index in [0.29, 0.717) is 25.4 Å². The Morgan fingerprint density at radius 3 is 2.88 bits per heavy atom. The summed E-state index contributed by atoms with van der Waals surface area (Å²) >= 11 is 0. The maximum absolute atomic E-state index is 12.1. The Balaban J connectivity index is 1.86. The number of rotatable bonds is 9. The van der Waals surface area contributed by atoms with Crippen molar-refractivity contribution < 1.29 is 19.4 Å². The number of nitrogens with two attached hydrogens (primary N) is 2. The second-order valence-corrected chi connectivity index (χ2v) is 9.28. The van der Waals surface area contributed by atoms with Crippen LogP contribution in [0.4, 0.5) is 0 Å². The topological polar surface area (TPSA) is 127 Å². The van der Waals surface area contributed by atoms with Crippen molar-refractivity contribution in [1.82, 2.24) is 14.9 Å². The summed E-state index contributed by atoms with van der Waals surface area (Å²) in [7, 11) is 1.65. The normalized spacial score (nSPS) is 15.7. The number of pyridine rings is 1. The van der Waals surface area contributed by atoms with Crippen molar-refractivity contribution in [2.24, 2.45) is 17.0 Å². The second-order valence-electron chi connectivity index (χ2n) is 9.28. The van der Waals surface area contributed by atoms with Gasteiger partial charge in [-0.1, -0.05) is 18.2 Å². The molecule has 9 nitrogen and oxygen atoms in total. The molecule has 3 rings (SSSR count). The van der Waals surface area contributed by atoms with Crippen LogP contribution in [-0.2, 0) is 22.6 Å². The molecule has 5 N–H and O–H groups in total. The highest BCUT2D eigenvalue weighted by Gasteiger charge is 2.39. The Bertz CT molecular complexity index is 1040. The third-order valence-corrected chi connectivity index (χ3v) is 5.95. The summed E-state index contributed by atoms with van der Waals surface area (Å²) in [5.41, 5.74) is 9.12. The first-order valence-corrected chi connectivity index (χ1v) is 11.2. The van der Waals surface area contributed by atoms with E-state index in [9.17, 15) is 9.90 Å². The standard InChI is InChI=1S/C25H35N5O4/c1-17-7-8-18(23(25(2,3)24(31)32)34-16-20(26)14-29(4)27)12-19(17)13-30-10-11-33-22-6-5-9-28-21(22)15-30/h5-9,12,14,23H,10-11,13,15-16,26-27H2,1-4H3,(H,31,32)/b20-14-. The number of carboxylic acids is 1. The smallest absolute Gasteiger partial charge is 0.312 e. The molecule has 9 heteroatoms. The molecule has 2 heterocycles. The lowest BCUT2D eigenvalue weighted by Crippen LogP contribution is -2.34.